The third kappa shape index (κ3) is 1.97. The molecule has 0 radical (unpaired) electrons. The SMILES string of the molecule is CC(C)n1c(-c2cccc(O)c2)cnc1Br. The van der Waals surface area contributed by atoms with Crippen LogP contribution in [-0.4, -0.2) is 14.7 Å². The highest BCUT2D eigenvalue weighted by atomic mass is 79.9. The van der Waals surface area contributed by atoms with Crippen molar-refractivity contribution < 1.29 is 5.11 Å². The molecule has 0 spiro atoms. The lowest BCUT2D eigenvalue weighted by Crippen LogP contribution is -2.02. The van der Waals surface area contributed by atoms with Gasteiger partial charge in [-0.2, -0.15) is 0 Å². The number of benzene rings is 1. The summed E-state index contributed by atoms with van der Waals surface area (Å²) in [6.07, 6.45) is 1.80. The van der Waals surface area contributed by atoms with Crippen molar-refractivity contribution in [3.63, 3.8) is 0 Å². The second-order valence-corrected chi connectivity index (χ2v) is 4.64. The van der Waals surface area contributed by atoms with E-state index >= 15 is 0 Å². The Kier molecular flexibility index (Phi) is 3.01. The maximum Gasteiger partial charge on any atom is 0.177 e. The monoisotopic (exact) mass is 280 g/mol. The molecule has 4 heteroatoms. The molecule has 2 aromatic rings. The van der Waals surface area contributed by atoms with E-state index in [2.05, 4.69) is 39.3 Å². The Morgan fingerprint density at radius 1 is 1.38 bits per heavy atom. The molecule has 0 aliphatic rings. The van der Waals surface area contributed by atoms with E-state index in [4.69, 9.17) is 0 Å². The van der Waals surface area contributed by atoms with Crippen LogP contribution in [0.3, 0.4) is 0 Å². The molecule has 1 heterocycles. The molecule has 0 amide bonds. The summed E-state index contributed by atoms with van der Waals surface area (Å²) in [5.41, 5.74) is 1.96. The number of nitrogens with zero attached hydrogens (tertiary/aromatic N) is 2. The van der Waals surface area contributed by atoms with Gasteiger partial charge in [0.1, 0.15) is 5.75 Å². The van der Waals surface area contributed by atoms with Gasteiger partial charge in [0.25, 0.3) is 0 Å². The highest BCUT2D eigenvalue weighted by Crippen LogP contribution is 2.28. The van der Waals surface area contributed by atoms with Crippen LogP contribution in [0.15, 0.2) is 35.2 Å². The molecule has 1 aromatic heterocycles. The number of hydrogen-bond acceptors (Lipinski definition) is 2. The van der Waals surface area contributed by atoms with E-state index in [0.29, 0.717) is 6.04 Å². The quantitative estimate of drug-likeness (QED) is 0.913. The highest BCUT2D eigenvalue weighted by molar-refractivity contribution is 9.10. The number of phenolic OH excluding ortho intramolecular Hbond substituents is 1. The number of imidazole rings is 1. The fourth-order valence-corrected chi connectivity index (χ4v) is 2.41. The number of phenols is 1. The van der Waals surface area contributed by atoms with Crippen molar-refractivity contribution in [3.8, 4) is 17.0 Å². The molecule has 16 heavy (non-hydrogen) atoms. The Morgan fingerprint density at radius 2 is 2.12 bits per heavy atom. The minimum absolute atomic E-state index is 0.269. The fourth-order valence-electron chi connectivity index (χ4n) is 1.71. The number of hydrogen-bond donors (Lipinski definition) is 1. The zero-order valence-corrected chi connectivity index (χ0v) is 10.8. The second-order valence-electron chi connectivity index (χ2n) is 3.93. The summed E-state index contributed by atoms with van der Waals surface area (Å²) in [4.78, 5) is 4.24. The van der Waals surface area contributed by atoms with Gasteiger partial charge in [-0.1, -0.05) is 12.1 Å². The fraction of sp³-hybridized carbons (Fsp3) is 0.250. The summed E-state index contributed by atoms with van der Waals surface area (Å²) in [7, 11) is 0. The smallest absolute Gasteiger partial charge is 0.177 e. The first kappa shape index (κ1) is 11.2. The van der Waals surface area contributed by atoms with Crippen LogP contribution in [0.1, 0.15) is 19.9 Å². The predicted molar refractivity (Wildman–Crippen MR) is 67.4 cm³/mol. The van der Waals surface area contributed by atoms with Crippen molar-refractivity contribution in [3.05, 3.63) is 35.2 Å². The Hall–Kier alpha value is -1.29. The Morgan fingerprint density at radius 3 is 2.75 bits per heavy atom. The molecule has 0 saturated carbocycles. The van der Waals surface area contributed by atoms with Gasteiger partial charge < -0.3 is 9.67 Å². The Labute approximate surface area is 103 Å². The number of aromatic hydroxyl groups is 1. The van der Waals surface area contributed by atoms with Gasteiger partial charge in [-0.25, -0.2) is 4.98 Å². The molecule has 2 rings (SSSR count). The first-order valence-electron chi connectivity index (χ1n) is 5.11. The van der Waals surface area contributed by atoms with Crippen LogP contribution >= 0.6 is 15.9 Å². The van der Waals surface area contributed by atoms with E-state index in [-0.39, 0.29) is 5.75 Å². The van der Waals surface area contributed by atoms with Gasteiger partial charge in [-0.3, -0.25) is 0 Å². The van der Waals surface area contributed by atoms with Gasteiger partial charge in [0.05, 0.1) is 11.9 Å². The molecule has 0 atom stereocenters. The molecule has 84 valence electrons. The molecule has 1 N–H and O–H groups in total. The van der Waals surface area contributed by atoms with Crippen LogP contribution in [0.25, 0.3) is 11.3 Å². The molecule has 0 aliphatic carbocycles. The largest absolute Gasteiger partial charge is 0.508 e. The van der Waals surface area contributed by atoms with Gasteiger partial charge in [-0.15, -0.1) is 0 Å². The van der Waals surface area contributed by atoms with Crippen molar-refractivity contribution >= 4 is 15.9 Å². The average Bonchev–Trinajstić information content (AvgIpc) is 2.60. The van der Waals surface area contributed by atoms with Crippen molar-refractivity contribution in [1.82, 2.24) is 9.55 Å². The Bertz CT molecular complexity index is 505. The van der Waals surface area contributed by atoms with Gasteiger partial charge >= 0.3 is 0 Å². The lowest BCUT2D eigenvalue weighted by Gasteiger charge is -2.13. The van der Waals surface area contributed by atoms with Crippen molar-refractivity contribution in [2.75, 3.05) is 0 Å². The van der Waals surface area contributed by atoms with Crippen LogP contribution in [0, 0.1) is 0 Å². The van der Waals surface area contributed by atoms with Gasteiger partial charge in [0.15, 0.2) is 4.73 Å². The number of aromatic nitrogens is 2. The molecule has 0 bridgehead atoms. The third-order valence-corrected chi connectivity index (χ3v) is 3.00. The van der Waals surface area contributed by atoms with E-state index in [1.807, 2.05) is 12.1 Å². The molecule has 0 unspecified atom stereocenters. The maximum absolute atomic E-state index is 9.47. The van der Waals surface area contributed by atoms with Crippen molar-refractivity contribution in [1.29, 1.82) is 0 Å². The average molecular weight is 281 g/mol. The summed E-state index contributed by atoms with van der Waals surface area (Å²) in [6.45, 7) is 4.19. The first-order chi connectivity index (χ1) is 7.59. The molecule has 0 aliphatic heterocycles. The number of rotatable bonds is 2. The number of halogens is 1. The minimum Gasteiger partial charge on any atom is -0.508 e. The van der Waals surface area contributed by atoms with E-state index in [1.165, 1.54) is 0 Å². The summed E-state index contributed by atoms with van der Waals surface area (Å²) in [5.74, 6) is 0.269. The second kappa shape index (κ2) is 4.29. The van der Waals surface area contributed by atoms with E-state index in [0.717, 1.165) is 16.0 Å². The topological polar surface area (TPSA) is 38.0 Å². The van der Waals surface area contributed by atoms with Crippen LogP contribution in [0.4, 0.5) is 0 Å². The highest BCUT2D eigenvalue weighted by Gasteiger charge is 2.12. The first-order valence-corrected chi connectivity index (χ1v) is 5.91. The van der Waals surface area contributed by atoms with Crippen LogP contribution < -0.4 is 0 Å². The third-order valence-electron chi connectivity index (χ3n) is 2.41. The molecule has 3 nitrogen and oxygen atoms in total. The zero-order chi connectivity index (χ0) is 11.7. The summed E-state index contributed by atoms with van der Waals surface area (Å²) >= 11 is 3.42. The zero-order valence-electron chi connectivity index (χ0n) is 9.18. The molecule has 1 aromatic carbocycles. The summed E-state index contributed by atoms with van der Waals surface area (Å²) < 4.78 is 2.88. The van der Waals surface area contributed by atoms with E-state index in [9.17, 15) is 5.11 Å². The Balaban J connectivity index is 2.56. The lowest BCUT2D eigenvalue weighted by atomic mass is 10.1. The minimum atomic E-state index is 0.269. The normalized spacial score (nSPS) is 11.0. The van der Waals surface area contributed by atoms with Gasteiger partial charge in [0, 0.05) is 11.6 Å². The maximum atomic E-state index is 9.47. The predicted octanol–water partition coefficient (Wildman–Crippen LogP) is 3.60. The lowest BCUT2D eigenvalue weighted by molar-refractivity contribution is 0.475. The summed E-state index contributed by atoms with van der Waals surface area (Å²) in [6, 6.07) is 7.50. The summed E-state index contributed by atoms with van der Waals surface area (Å²) in [5, 5.41) is 9.47. The standard InChI is InChI=1S/C12H13BrN2O/c1-8(2)15-11(7-14-12(15)13)9-4-3-5-10(16)6-9/h3-8,16H,1-2H3. The molecular formula is C12H13BrN2O. The van der Waals surface area contributed by atoms with Crippen LogP contribution in [-0.2, 0) is 0 Å². The van der Waals surface area contributed by atoms with Gasteiger partial charge in [0.2, 0.25) is 0 Å². The van der Waals surface area contributed by atoms with Crippen LogP contribution in [0.2, 0.25) is 0 Å². The van der Waals surface area contributed by atoms with Crippen molar-refractivity contribution in [2.24, 2.45) is 0 Å². The molecular weight excluding hydrogens is 268 g/mol. The van der Waals surface area contributed by atoms with E-state index in [1.54, 1.807) is 18.3 Å². The van der Waals surface area contributed by atoms with Crippen molar-refractivity contribution in [2.45, 2.75) is 19.9 Å². The molecule has 0 fully saturated rings. The van der Waals surface area contributed by atoms with E-state index < -0.39 is 0 Å². The van der Waals surface area contributed by atoms with Gasteiger partial charge in [-0.05, 0) is 41.9 Å². The molecule has 0 saturated heterocycles. The van der Waals surface area contributed by atoms with Crippen LogP contribution in [0.5, 0.6) is 5.75 Å².